The first-order chi connectivity index (χ1) is 9.33. The first kappa shape index (κ1) is 16.4. The van der Waals surface area contributed by atoms with Gasteiger partial charge in [-0.2, -0.15) is 0 Å². The van der Waals surface area contributed by atoms with Gasteiger partial charge in [0.25, 0.3) is 0 Å². The van der Waals surface area contributed by atoms with Crippen LogP contribution in [0.4, 0.5) is 17.6 Å². The first-order valence-corrected chi connectivity index (χ1v) is 6.09. The largest absolute Gasteiger partial charge is 0.481 e. The summed E-state index contributed by atoms with van der Waals surface area (Å²) in [5.41, 5.74) is 4.65. The monoisotopic (exact) mass is 293 g/mol. The molecule has 0 aliphatic heterocycles. The summed E-state index contributed by atoms with van der Waals surface area (Å²) in [6.45, 7) is 1.36. The molecule has 1 aromatic carbocycles. The van der Waals surface area contributed by atoms with E-state index in [1.54, 1.807) is 6.92 Å². The van der Waals surface area contributed by atoms with Crippen molar-refractivity contribution < 1.29 is 27.5 Å². The van der Waals surface area contributed by atoms with E-state index in [9.17, 15) is 22.4 Å². The van der Waals surface area contributed by atoms with Crippen molar-refractivity contribution in [2.75, 3.05) is 6.54 Å². The number of carboxylic acids is 1. The number of aliphatic carboxylic acids is 1. The van der Waals surface area contributed by atoms with E-state index in [0.717, 1.165) is 0 Å². The average Bonchev–Trinajstić information content (AvgIpc) is 2.39. The summed E-state index contributed by atoms with van der Waals surface area (Å²) in [5.74, 6) is -9.33. The van der Waals surface area contributed by atoms with Crippen LogP contribution >= 0.6 is 0 Å². The van der Waals surface area contributed by atoms with E-state index in [1.807, 2.05) is 0 Å². The Bertz CT molecular complexity index is 508. The standard InChI is InChI=1S/C13H15F4NO2/c1-2-6(3-7(5-18)13(19)20)10-8(14)4-9(15)11(16)12(10)17/h4,6-7H,2-3,5,18H2,1H3,(H,19,20). The van der Waals surface area contributed by atoms with Gasteiger partial charge in [0.05, 0.1) is 5.92 Å². The topological polar surface area (TPSA) is 63.3 Å². The maximum absolute atomic E-state index is 13.7. The van der Waals surface area contributed by atoms with E-state index >= 15 is 0 Å². The van der Waals surface area contributed by atoms with Gasteiger partial charge in [0.1, 0.15) is 5.82 Å². The molecule has 2 unspecified atom stereocenters. The van der Waals surface area contributed by atoms with Crippen molar-refractivity contribution >= 4 is 5.97 Å². The molecular weight excluding hydrogens is 278 g/mol. The maximum Gasteiger partial charge on any atom is 0.307 e. The molecule has 0 amide bonds. The van der Waals surface area contributed by atoms with Gasteiger partial charge in [0.2, 0.25) is 0 Å². The van der Waals surface area contributed by atoms with Gasteiger partial charge in [-0.05, 0) is 18.8 Å². The molecular formula is C13H15F4NO2. The summed E-state index contributed by atoms with van der Waals surface area (Å²) in [7, 11) is 0. The highest BCUT2D eigenvalue weighted by Gasteiger charge is 2.28. The maximum atomic E-state index is 13.7. The molecule has 112 valence electrons. The summed E-state index contributed by atoms with van der Waals surface area (Å²) in [6.07, 6.45) is 0.0178. The number of benzene rings is 1. The molecule has 3 N–H and O–H groups in total. The molecule has 0 heterocycles. The van der Waals surface area contributed by atoms with Gasteiger partial charge in [-0.1, -0.05) is 6.92 Å². The lowest BCUT2D eigenvalue weighted by atomic mass is 9.86. The fourth-order valence-electron chi connectivity index (χ4n) is 2.08. The lowest BCUT2D eigenvalue weighted by Gasteiger charge is -2.20. The van der Waals surface area contributed by atoms with Crippen molar-refractivity contribution in [3.63, 3.8) is 0 Å². The highest BCUT2D eigenvalue weighted by atomic mass is 19.2. The molecule has 0 bridgehead atoms. The normalized spacial score (nSPS) is 14.1. The Morgan fingerprint density at radius 3 is 2.30 bits per heavy atom. The van der Waals surface area contributed by atoms with Crippen LogP contribution < -0.4 is 5.73 Å². The van der Waals surface area contributed by atoms with Crippen molar-refractivity contribution in [3.05, 3.63) is 34.9 Å². The quantitative estimate of drug-likeness (QED) is 0.481. The van der Waals surface area contributed by atoms with Crippen molar-refractivity contribution in [1.29, 1.82) is 0 Å². The number of nitrogens with two attached hydrogens (primary N) is 1. The smallest absolute Gasteiger partial charge is 0.307 e. The molecule has 0 fully saturated rings. The van der Waals surface area contributed by atoms with Crippen LogP contribution in [0.5, 0.6) is 0 Å². The Hall–Kier alpha value is -1.63. The predicted octanol–water partition coefficient (Wildman–Crippen LogP) is 2.79. The fourth-order valence-corrected chi connectivity index (χ4v) is 2.08. The second kappa shape index (κ2) is 6.69. The highest BCUT2D eigenvalue weighted by molar-refractivity contribution is 5.70. The first-order valence-electron chi connectivity index (χ1n) is 6.09. The van der Waals surface area contributed by atoms with Gasteiger partial charge in [0.15, 0.2) is 17.5 Å². The Morgan fingerprint density at radius 2 is 1.85 bits per heavy atom. The van der Waals surface area contributed by atoms with Crippen LogP contribution in [0.2, 0.25) is 0 Å². The van der Waals surface area contributed by atoms with E-state index in [-0.39, 0.29) is 25.5 Å². The Labute approximate surface area is 113 Å². The molecule has 20 heavy (non-hydrogen) atoms. The van der Waals surface area contributed by atoms with Crippen LogP contribution in [0.3, 0.4) is 0 Å². The summed E-state index contributed by atoms with van der Waals surface area (Å²) < 4.78 is 53.4. The van der Waals surface area contributed by atoms with Crippen LogP contribution in [0, 0.1) is 29.2 Å². The molecule has 7 heteroatoms. The van der Waals surface area contributed by atoms with Gasteiger partial charge in [-0.3, -0.25) is 4.79 Å². The number of halogens is 4. The van der Waals surface area contributed by atoms with Gasteiger partial charge in [-0.25, -0.2) is 17.6 Å². The van der Waals surface area contributed by atoms with E-state index < -0.39 is 46.6 Å². The lowest BCUT2D eigenvalue weighted by molar-refractivity contribution is -0.141. The van der Waals surface area contributed by atoms with Crippen molar-refractivity contribution in [2.24, 2.45) is 11.7 Å². The minimum Gasteiger partial charge on any atom is -0.481 e. The molecule has 0 saturated carbocycles. The number of rotatable bonds is 6. The zero-order chi connectivity index (χ0) is 15.4. The third-order valence-electron chi connectivity index (χ3n) is 3.25. The fraction of sp³-hybridized carbons (Fsp3) is 0.462. The van der Waals surface area contributed by atoms with Crippen LogP contribution in [-0.2, 0) is 4.79 Å². The van der Waals surface area contributed by atoms with Gasteiger partial charge >= 0.3 is 5.97 Å². The van der Waals surface area contributed by atoms with Gasteiger partial charge in [0, 0.05) is 18.2 Å². The van der Waals surface area contributed by atoms with E-state index in [1.165, 1.54) is 0 Å². The van der Waals surface area contributed by atoms with Crippen molar-refractivity contribution in [1.82, 2.24) is 0 Å². The van der Waals surface area contributed by atoms with Crippen molar-refractivity contribution in [2.45, 2.75) is 25.7 Å². The van der Waals surface area contributed by atoms with Crippen LogP contribution in [0.25, 0.3) is 0 Å². The van der Waals surface area contributed by atoms with Gasteiger partial charge in [-0.15, -0.1) is 0 Å². The summed E-state index contributed by atoms with van der Waals surface area (Å²) >= 11 is 0. The molecule has 3 nitrogen and oxygen atoms in total. The predicted molar refractivity (Wildman–Crippen MR) is 64.1 cm³/mol. The van der Waals surface area contributed by atoms with Crippen LogP contribution in [0.15, 0.2) is 6.07 Å². The second-order valence-corrected chi connectivity index (χ2v) is 4.49. The number of hydrogen-bond acceptors (Lipinski definition) is 2. The van der Waals surface area contributed by atoms with E-state index in [4.69, 9.17) is 10.8 Å². The summed E-state index contributed by atoms with van der Waals surface area (Å²) in [5, 5.41) is 8.90. The van der Waals surface area contributed by atoms with E-state index in [2.05, 4.69) is 0 Å². The van der Waals surface area contributed by atoms with Gasteiger partial charge < -0.3 is 10.8 Å². The van der Waals surface area contributed by atoms with Crippen LogP contribution in [0.1, 0.15) is 31.2 Å². The Kier molecular flexibility index (Phi) is 5.50. The molecule has 0 aliphatic carbocycles. The molecule has 2 atom stereocenters. The zero-order valence-corrected chi connectivity index (χ0v) is 10.8. The lowest BCUT2D eigenvalue weighted by Crippen LogP contribution is -2.26. The van der Waals surface area contributed by atoms with E-state index in [0.29, 0.717) is 0 Å². The number of carbonyl (C=O) groups is 1. The van der Waals surface area contributed by atoms with Crippen LogP contribution in [-0.4, -0.2) is 17.6 Å². The molecule has 0 spiro atoms. The molecule has 1 rings (SSSR count). The summed E-state index contributed by atoms with van der Waals surface area (Å²) in [6, 6.07) is 0.259. The SMILES string of the molecule is CCC(CC(CN)C(=O)O)c1c(F)cc(F)c(F)c1F. The Balaban J connectivity index is 3.19. The minimum atomic E-state index is -1.76. The number of hydrogen-bond donors (Lipinski definition) is 2. The molecule has 1 aromatic rings. The molecule has 0 radical (unpaired) electrons. The minimum absolute atomic E-state index is 0.152. The summed E-state index contributed by atoms with van der Waals surface area (Å²) in [4.78, 5) is 10.9. The average molecular weight is 293 g/mol. The van der Waals surface area contributed by atoms with Crippen molar-refractivity contribution in [3.8, 4) is 0 Å². The third kappa shape index (κ3) is 3.27. The second-order valence-electron chi connectivity index (χ2n) is 4.49. The number of carboxylic acid groups (broad SMARTS) is 1. The molecule has 0 aromatic heterocycles. The zero-order valence-electron chi connectivity index (χ0n) is 10.8. The highest BCUT2D eigenvalue weighted by Crippen LogP contribution is 2.32. The Morgan fingerprint density at radius 1 is 1.25 bits per heavy atom. The molecule has 0 aliphatic rings. The third-order valence-corrected chi connectivity index (χ3v) is 3.25. The molecule has 0 saturated heterocycles.